The lowest BCUT2D eigenvalue weighted by Crippen LogP contribution is -2.26. The van der Waals surface area contributed by atoms with Gasteiger partial charge in [-0.15, -0.1) is 0 Å². The number of aryl methyl sites for hydroxylation is 1. The molecule has 0 aromatic heterocycles. The van der Waals surface area contributed by atoms with Crippen molar-refractivity contribution >= 4 is 5.91 Å². The zero-order valence-corrected chi connectivity index (χ0v) is 12.8. The van der Waals surface area contributed by atoms with Crippen LogP contribution < -0.4 is 14.8 Å². The van der Waals surface area contributed by atoms with Crippen LogP contribution in [0.5, 0.6) is 11.5 Å². The van der Waals surface area contributed by atoms with Crippen molar-refractivity contribution in [3.8, 4) is 11.5 Å². The van der Waals surface area contributed by atoms with E-state index < -0.39 is 0 Å². The predicted molar refractivity (Wildman–Crippen MR) is 84.5 cm³/mol. The second-order valence-electron chi connectivity index (χ2n) is 5.44. The zero-order valence-electron chi connectivity index (χ0n) is 12.8. The molecule has 0 saturated heterocycles. The number of nitrogens with one attached hydrogen (secondary N) is 1. The van der Waals surface area contributed by atoms with Crippen LogP contribution in [0.2, 0.25) is 0 Å². The van der Waals surface area contributed by atoms with E-state index in [-0.39, 0.29) is 12.7 Å². The molecule has 0 radical (unpaired) electrons. The summed E-state index contributed by atoms with van der Waals surface area (Å²) in [6, 6.07) is 11.7. The van der Waals surface area contributed by atoms with Crippen LogP contribution in [0.4, 0.5) is 0 Å². The summed E-state index contributed by atoms with van der Waals surface area (Å²) >= 11 is 0. The number of benzene rings is 2. The molecule has 4 nitrogen and oxygen atoms in total. The molecule has 0 spiro atoms. The van der Waals surface area contributed by atoms with Crippen LogP contribution in [0.1, 0.15) is 27.0 Å². The first-order valence-corrected chi connectivity index (χ1v) is 7.38. The maximum atomic E-state index is 12.2. The second kappa shape index (κ2) is 6.10. The van der Waals surface area contributed by atoms with Gasteiger partial charge < -0.3 is 14.8 Å². The summed E-state index contributed by atoms with van der Waals surface area (Å²) in [4.78, 5) is 12.2. The average molecular weight is 297 g/mol. The zero-order chi connectivity index (χ0) is 15.5. The van der Waals surface area contributed by atoms with E-state index in [0.29, 0.717) is 6.54 Å². The topological polar surface area (TPSA) is 47.6 Å². The number of amides is 1. The lowest BCUT2D eigenvalue weighted by atomic mass is 10.0. The van der Waals surface area contributed by atoms with Gasteiger partial charge in [0, 0.05) is 12.1 Å². The molecule has 114 valence electrons. The molecule has 1 aliphatic rings. The van der Waals surface area contributed by atoms with Crippen molar-refractivity contribution in [3.05, 3.63) is 58.7 Å². The van der Waals surface area contributed by atoms with Crippen LogP contribution in [0.25, 0.3) is 0 Å². The van der Waals surface area contributed by atoms with E-state index in [1.54, 1.807) is 0 Å². The third kappa shape index (κ3) is 2.91. The van der Waals surface area contributed by atoms with Gasteiger partial charge in [0.25, 0.3) is 5.91 Å². The van der Waals surface area contributed by atoms with Gasteiger partial charge in [0.2, 0.25) is 6.79 Å². The number of ether oxygens (including phenoxy) is 2. The second-order valence-corrected chi connectivity index (χ2v) is 5.44. The first kappa shape index (κ1) is 14.4. The molecule has 1 N–H and O–H groups in total. The van der Waals surface area contributed by atoms with Gasteiger partial charge in [0.05, 0.1) is 0 Å². The molecule has 2 aromatic carbocycles. The molecule has 1 amide bonds. The van der Waals surface area contributed by atoms with Gasteiger partial charge in [-0.3, -0.25) is 4.79 Å². The molecule has 1 heterocycles. The molecule has 2 aromatic rings. The van der Waals surface area contributed by atoms with Crippen LogP contribution in [-0.4, -0.2) is 19.2 Å². The minimum absolute atomic E-state index is 0.0260. The Labute approximate surface area is 130 Å². The van der Waals surface area contributed by atoms with E-state index in [4.69, 9.17) is 9.47 Å². The Morgan fingerprint density at radius 1 is 1.14 bits per heavy atom. The maximum Gasteiger partial charge on any atom is 0.251 e. The molecular formula is C18H19NO3. The molecule has 0 fully saturated rings. The summed E-state index contributed by atoms with van der Waals surface area (Å²) in [5.41, 5.74) is 4.02. The van der Waals surface area contributed by atoms with E-state index in [2.05, 4.69) is 5.32 Å². The minimum Gasteiger partial charge on any atom is -0.454 e. The van der Waals surface area contributed by atoms with Crippen LogP contribution in [0, 0.1) is 13.8 Å². The van der Waals surface area contributed by atoms with Gasteiger partial charge in [-0.05, 0) is 55.2 Å². The highest BCUT2D eigenvalue weighted by molar-refractivity contribution is 5.95. The fourth-order valence-electron chi connectivity index (χ4n) is 2.51. The van der Waals surface area contributed by atoms with Crippen molar-refractivity contribution in [2.75, 3.05) is 13.3 Å². The van der Waals surface area contributed by atoms with Gasteiger partial charge in [-0.25, -0.2) is 0 Å². The van der Waals surface area contributed by atoms with Crippen LogP contribution >= 0.6 is 0 Å². The van der Waals surface area contributed by atoms with Crippen molar-refractivity contribution in [2.24, 2.45) is 0 Å². The Morgan fingerprint density at radius 3 is 2.82 bits per heavy atom. The van der Waals surface area contributed by atoms with Crippen molar-refractivity contribution < 1.29 is 14.3 Å². The normalized spacial score (nSPS) is 12.3. The van der Waals surface area contributed by atoms with E-state index in [0.717, 1.165) is 40.2 Å². The molecule has 0 bridgehead atoms. The molecule has 4 heteroatoms. The molecule has 0 unspecified atom stereocenters. The molecule has 3 rings (SSSR count). The minimum atomic E-state index is -0.0260. The highest BCUT2D eigenvalue weighted by atomic mass is 16.7. The predicted octanol–water partition coefficient (Wildman–Crippen LogP) is 3.00. The van der Waals surface area contributed by atoms with Crippen LogP contribution in [0.15, 0.2) is 36.4 Å². The Kier molecular flexibility index (Phi) is 4.00. The summed E-state index contributed by atoms with van der Waals surface area (Å²) in [6.07, 6.45) is 0.757. The smallest absolute Gasteiger partial charge is 0.251 e. The summed E-state index contributed by atoms with van der Waals surface area (Å²) in [7, 11) is 0. The summed E-state index contributed by atoms with van der Waals surface area (Å²) < 4.78 is 10.6. The number of carbonyl (C=O) groups excluding carboxylic acids is 1. The Morgan fingerprint density at radius 2 is 1.95 bits per heavy atom. The van der Waals surface area contributed by atoms with E-state index in [1.807, 2.05) is 50.2 Å². The highest BCUT2D eigenvalue weighted by Crippen LogP contribution is 2.32. The first-order chi connectivity index (χ1) is 10.6. The van der Waals surface area contributed by atoms with Crippen molar-refractivity contribution in [1.82, 2.24) is 5.32 Å². The Bertz CT molecular complexity index is 709. The fourth-order valence-corrected chi connectivity index (χ4v) is 2.51. The number of rotatable bonds is 4. The third-order valence-electron chi connectivity index (χ3n) is 3.99. The van der Waals surface area contributed by atoms with Crippen molar-refractivity contribution in [3.63, 3.8) is 0 Å². The third-order valence-corrected chi connectivity index (χ3v) is 3.99. The summed E-state index contributed by atoms with van der Waals surface area (Å²) in [6.45, 7) is 4.86. The average Bonchev–Trinajstić information content (AvgIpc) is 2.97. The Hall–Kier alpha value is -2.49. The molecular weight excluding hydrogens is 278 g/mol. The SMILES string of the molecule is Cc1cccc(C(=O)NCCc2ccc3c(c2)OCO3)c1C. The van der Waals surface area contributed by atoms with Gasteiger partial charge >= 0.3 is 0 Å². The Balaban J connectivity index is 1.59. The first-order valence-electron chi connectivity index (χ1n) is 7.38. The largest absolute Gasteiger partial charge is 0.454 e. The lowest BCUT2D eigenvalue weighted by Gasteiger charge is -2.09. The highest BCUT2D eigenvalue weighted by Gasteiger charge is 2.13. The number of hydrogen-bond acceptors (Lipinski definition) is 3. The van der Waals surface area contributed by atoms with E-state index in [1.165, 1.54) is 0 Å². The van der Waals surface area contributed by atoms with Gasteiger partial charge in [-0.1, -0.05) is 18.2 Å². The standard InChI is InChI=1S/C18H19NO3/c1-12-4-3-5-15(13(12)2)18(20)19-9-8-14-6-7-16-17(10-14)22-11-21-16/h3-7,10H,8-9,11H2,1-2H3,(H,19,20). The van der Waals surface area contributed by atoms with Gasteiger partial charge in [0.1, 0.15) is 0 Å². The van der Waals surface area contributed by atoms with Crippen molar-refractivity contribution in [2.45, 2.75) is 20.3 Å². The van der Waals surface area contributed by atoms with Crippen molar-refractivity contribution in [1.29, 1.82) is 0 Å². The molecule has 0 atom stereocenters. The monoisotopic (exact) mass is 297 g/mol. The van der Waals surface area contributed by atoms with E-state index >= 15 is 0 Å². The lowest BCUT2D eigenvalue weighted by molar-refractivity contribution is 0.0953. The fraction of sp³-hybridized carbons (Fsp3) is 0.278. The van der Waals surface area contributed by atoms with Gasteiger partial charge in [0.15, 0.2) is 11.5 Å². The number of carbonyl (C=O) groups is 1. The molecule has 1 aliphatic heterocycles. The molecule has 22 heavy (non-hydrogen) atoms. The summed E-state index contributed by atoms with van der Waals surface area (Å²) in [5.74, 6) is 1.53. The molecule has 0 saturated carbocycles. The van der Waals surface area contributed by atoms with E-state index in [9.17, 15) is 4.79 Å². The van der Waals surface area contributed by atoms with Gasteiger partial charge in [-0.2, -0.15) is 0 Å². The quantitative estimate of drug-likeness (QED) is 0.943. The molecule has 0 aliphatic carbocycles. The number of fused-ring (bicyclic) bond motifs is 1. The van der Waals surface area contributed by atoms with Crippen LogP contribution in [-0.2, 0) is 6.42 Å². The summed E-state index contributed by atoms with van der Waals surface area (Å²) in [5, 5.41) is 2.97. The number of hydrogen-bond donors (Lipinski definition) is 1. The maximum absolute atomic E-state index is 12.2. The van der Waals surface area contributed by atoms with Crippen LogP contribution in [0.3, 0.4) is 0 Å².